The van der Waals surface area contributed by atoms with Crippen molar-refractivity contribution in [3.05, 3.63) is 69.8 Å². The number of alkyl halides is 17. The van der Waals surface area contributed by atoms with Gasteiger partial charge in [-0.3, -0.25) is 0 Å². The third-order valence-electron chi connectivity index (χ3n) is 5.18. The van der Waals surface area contributed by atoms with Gasteiger partial charge in [-0.15, -0.1) is 0 Å². The second-order valence-corrected chi connectivity index (χ2v) is 8.11. The zero-order valence-corrected chi connectivity index (χ0v) is 19.4. The smallest absolute Gasteiger partial charge is 0.200 e. The van der Waals surface area contributed by atoms with Gasteiger partial charge in [-0.2, -0.15) is 74.6 Å². The lowest BCUT2D eigenvalue weighted by Crippen LogP contribution is -2.50. The second kappa shape index (κ2) is 10.3. The first kappa shape index (κ1) is 34.3. The van der Waals surface area contributed by atoms with Crippen molar-refractivity contribution in [2.75, 3.05) is 0 Å². The molecule has 17 heteroatoms. The number of hydrogen-bond donors (Lipinski definition) is 0. The van der Waals surface area contributed by atoms with Crippen LogP contribution in [0.5, 0.6) is 0 Å². The summed E-state index contributed by atoms with van der Waals surface area (Å²) < 4.78 is 216. The van der Waals surface area contributed by atoms with Gasteiger partial charge in [-0.1, -0.05) is 24.3 Å². The minimum absolute atomic E-state index is 0.0440. The average molecular weight is 602 g/mol. The molecule has 0 N–H and O–H groups in total. The standard InChI is InChI=1S/C13H9F11.C9H6F6/c1-6-7(10(16,17)9(2,14)15)4-3-5-8(6)11(18,19)12(20,21)13(22,23)24;1-5-2-3-6(8(10,11)12)4-7(5)9(13,14)15/h3-5H,1-2H3;2-4H,1H3. The Morgan fingerprint density at radius 2 is 0.949 bits per heavy atom. The molecular formula is C22H15F17. The quantitative estimate of drug-likeness (QED) is 0.306. The van der Waals surface area contributed by atoms with Crippen LogP contribution in [0.1, 0.15) is 40.3 Å². The molecule has 2 rings (SSSR count). The van der Waals surface area contributed by atoms with Crippen molar-refractivity contribution in [2.24, 2.45) is 0 Å². The normalized spacial score (nSPS) is 14.2. The van der Waals surface area contributed by atoms with Gasteiger partial charge in [0.05, 0.1) is 11.1 Å². The molecule has 0 saturated heterocycles. The Hall–Kier alpha value is -2.75. The summed E-state index contributed by atoms with van der Waals surface area (Å²) in [7, 11) is 0. The molecule has 0 amide bonds. The molecule has 2 aromatic rings. The van der Waals surface area contributed by atoms with Crippen LogP contribution in [0.2, 0.25) is 0 Å². The van der Waals surface area contributed by atoms with E-state index in [1.807, 2.05) is 0 Å². The van der Waals surface area contributed by atoms with Crippen molar-refractivity contribution in [2.45, 2.75) is 63.0 Å². The molecule has 0 fully saturated rings. The van der Waals surface area contributed by atoms with Crippen LogP contribution < -0.4 is 0 Å². The Labute approximate surface area is 208 Å². The predicted octanol–water partition coefficient (Wildman–Crippen LogP) is 10.1. The molecule has 0 bridgehead atoms. The number of halogens is 17. The van der Waals surface area contributed by atoms with Gasteiger partial charge < -0.3 is 0 Å². The molecule has 0 aliphatic heterocycles. The Morgan fingerprint density at radius 1 is 0.513 bits per heavy atom. The lowest BCUT2D eigenvalue weighted by atomic mass is 9.90. The van der Waals surface area contributed by atoms with Crippen LogP contribution in [-0.4, -0.2) is 18.0 Å². The molecule has 0 aromatic heterocycles. The summed E-state index contributed by atoms with van der Waals surface area (Å²) in [5, 5.41) is 0. The van der Waals surface area contributed by atoms with Crippen molar-refractivity contribution in [3.63, 3.8) is 0 Å². The molecule has 0 heterocycles. The minimum Gasteiger partial charge on any atom is -0.200 e. The third-order valence-corrected chi connectivity index (χ3v) is 5.18. The van der Waals surface area contributed by atoms with Gasteiger partial charge >= 0.3 is 42.2 Å². The molecule has 2 aromatic carbocycles. The van der Waals surface area contributed by atoms with Crippen LogP contribution in [-0.2, 0) is 24.2 Å². The Kier molecular flexibility index (Phi) is 9.08. The summed E-state index contributed by atoms with van der Waals surface area (Å²) in [6, 6.07) is 2.13. The maximum Gasteiger partial charge on any atom is 0.460 e. The van der Waals surface area contributed by atoms with Crippen LogP contribution in [0.15, 0.2) is 36.4 Å². The van der Waals surface area contributed by atoms with E-state index in [1.165, 1.54) is 0 Å². The van der Waals surface area contributed by atoms with Crippen LogP contribution in [0, 0.1) is 13.8 Å². The minimum atomic E-state index is -6.68. The van der Waals surface area contributed by atoms with Crippen LogP contribution in [0.25, 0.3) is 0 Å². The molecule has 0 atom stereocenters. The first-order valence-electron chi connectivity index (χ1n) is 9.94. The van der Waals surface area contributed by atoms with Gasteiger partial charge in [0.2, 0.25) is 0 Å². The predicted molar refractivity (Wildman–Crippen MR) is 102 cm³/mol. The summed E-state index contributed by atoms with van der Waals surface area (Å²) in [6.07, 6.45) is -16.2. The van der Waals surface area contributed by atoms with E-state index < -0.39 is 70.0 Å². The van der Waals surface area contributed by atoms with Gasteiger partial charge in [-0.05, 0) is 37.1 Å². The third kappa shape index (κ3) is 6.88. The van der Waals surface area contributed by atoms with E-state index >= 15 is 0 Å². The molecule has 0 nitrogen and oxygen atoms in total. The molecule has 0 saturated carbocycles. The van der Waals surface area contributed by atoms with Gasteiger partial charge in [0.25, 0.3) is 0 Å². The van der Waals surface area contributed by atoms with E-state index in [2.05, 4.69) is 0 Å². The highest BCUT2D eigenvalue weighted by Crippen LogP contribution is 2.54. The average Bonchev–Trinajstić information content (AvgIpc) is 2.71. The number of rotatable bonds is 4. The van der Waals surface area contributed by atoms with E-state index in [1.54, 1.807) is 0 Å². The summed E-state index contributed by atoms with van der Waals surface area (Å²) in [5.41, 5.74) is -8.15. The first-order valence-corrected chi connectivity index (χ1v) is 9.94. The lowest BCUT2D eigenvalue weighted by Gasteiger charge is -2.31. The highest BCUT2D eigenvalue weighted by atomic mass is 19.4. The molecule has 0 aliphatic carbocycles. The van der Waals surface area contributed by atoms with Crippen molar-refractivity contribution in [1.29, 1.82) is 0 Å². The Bertz CT molecular complexity index is 1150. The molecule has 0 spiro atoms. The zero-order chi connectivity index (χ0) is 31.2. The van der Waals surface area contributed by atoms with Crippen molar-refractivity contribution in [3.8, 4) is 0 Å². The summed E-state index contributed by atoms with van der Waals surface area (Å²) in [6.45, 7) is 1.20. The lowest BCUT2D eigenvalue weighted by molar-refractivity contribution is -0.359. The first-order chi connectivity index (χ1) is 17.0. The fourth-order valence-corrected chi connectivity index (χ4v) is 3.00. The highest BCUT2D eigenvalue weighted by molar-refractivity contribution is 5.41. The monoisotopic (exact) mass is 602 g/mol. The SMILES string of the molecule is Cc1c(C(F)(F)C(C)(F)F)cccc1C(F)(F)C(F)(F)C(F)(F)F.Cc1ccc(C(F)(F)F)cc1C(F)(F)F. The molecule has 39 heavy (non-hydrogen) atoms. The number of benzene rings is 2. The Morgan fingerprint density at radius 3 is 1.31 bits per heavy atom. The van der Waals surface area contributed by atoms with Crippen molar-refractivity contribution >= 4 is 0 Å². The summed E-state index contributed by atoms with van der Waals surface area (Å²) >= 11 is 0. The fourth-order valence-electron chi connectivity index (χ4n) is 3.00. The summed E-state index contributed by atoms with van der Waals surface area (Å²) in [4.78, 5) is 0. The second-order valence-electron chi connectivity index (χ2n) is 8.11. The van der Waals surface area contributed by atoms with Crippen LogP contribution in [0.3, 0.4) is 0 Å². The topological polar surface area (TPSA) is 0 Å². The largest absolute Gasteiger partial charge is 0.460 e. The molecule has 0 unspecified atom stereocenters. The highest BCUT2D eigenvalue weighted by Gasteiger charge is 2.74. The van der Waals surface area contributed by atoms with Crippen LogP contribution in [0.4, 0.5) is 74.6 Å². The van der Waals surface area contributed by atoms with Crippen molar-refractivity contribution < 1.29 is 74.6 Å². The van der Waals surface area contributed by atoms with E-state index in [9.17, 15) is 74.6 Å². The van der Waals surface area contributed by atoms with Crippen molar-refractivity contribution in [1.82, 2.24) is 0 Å². The fraction of sp³-hybridized carbons (Fsp3) is 0.455. The zero-order valence-electron chi connectivity index (χ0n) is 19.4. The van der Waals surface area contributed by atoms with E-state index in [0.29, 0.717) is 13.0 Å². The van der Waals surface area contributed by atoms with Gasteiger partial charge in [0, 0.05) is 18.1 Å². The van der Waals surface area contributed by atoms with E-state index in [0.717, 1.165) is 13.0 Å². The molecule has 0 aliphatic rings. The number of aryl methyl sites for hydroxylation is 1. The maximum absolute atomic E-state index is 13.7. The van der Waals surface area contributed by atoms with E-state index in [-0.39, 0.29) is 36.8 Å². The maximum atomic E-state index is 13.7. The van der Waals surface area contributed by atoms with Gasteiger partial charge in [0.15, 0.2) is 0 Å². The Balaban J connectivity index is 0.000000434. The molecular weight excluding hydrogens is 587 g/mol. The molecule has 222 valence electrons. The summed E-state index contributed by atoms with van der Waals surface area (Å²) in [5.74, 6) is -22.4. The molecule has 0 radical (unpaired) electrons. The van der Waals surface area contributed by atoms with E-state index in [4.69, 9.17) is 0 Å². The van der Waals surface area contributed by atoms with Crippen LogP contribution >= 0.6 is 0 Å². The van der Waals surface area contributed by atoms with Gasteiger partial charge in [0.1, 0.15) is 0 Å². The van der Waals surface area contributed by atoms with Gasteiger partial charge in [-0.25, -0.2) is 0 Å². The number of hydrogen-bond acceptors (Lipinski definition) is 0.